The predicted octanol–water partition coefficient (Wildman–Crippen LogP) is 4.30. The van der Waals surface area contributed by atoms with E-state index in [-0.39, 0.29) is 17.9 Å². The normalized spacial score (nSPS) is 15.1. The monoisotopic (exact) mass is 410 g/mol. The average Bonchev–Trinajstić information content (AvgIpc) is 3.26. The summed E-state index contributed by atoms with van der Waals surface area (Å²) in [5.41, 5.74) is 1.17. The van der Waals surface area contributed by atoms with Crippen molar-refractivity contribution in [3.05, 3.63) is 66.2 Å². The second kappa shape index (κ2) is 11.1. The van der Waals surface area contributed by atoms with Crippen LogP contribution < -0.4 is 5.32 Å². The summed E-state index contributed by atoms with van der Waals surface area (Å²) in [5.74, 6) is 0.298. The van der Waals surface area contributed by atoms with Crippen LogP contribution in [0.25, 0.3) is 0 Å². The van der Waals surface area contributed by atoms with E-state index in [1.165, 1.54) is 30.2 Å². The van der Waals surface area contributed by atoms with E-state index in [1.807, 2.05) is 55.5 Å². The van der Waals surface area contributed by atoms with Gasteiger partial charge in [0.2, 0.25) is 11.8 Å². The third-order valence-electron chi connectivity index (χ3n) is 5.46. The molecule has 0 aliphatic heterocycles. The molecule has 0 spiro atoms. The van der Waals surface area contributed by atoms with Gasteiger partial charge in [0.05, 0.1) is 5.75 Å². The number of carbonyl (C=O) groups is 2. The van der Waals surface area contributed by atoms with E-state index in [0.717, 1.165) is 24.2 Å². The highest BCUT2D eigenvalue weighted by Crippen LogP contribution is 2.20. The lowest BCUT2D eigenvalue weighted by atomic mass is 10.1. The molecule has 29 heavy (non-hydrogen) atoms. The number of carbonyl (C=O) groups excluding carboxylic acids is 2. The van der Waals surface area contributed by atoms with Gasteiger partial charge in [0.15, 0.2) is 0 Å². The first-order chi connectivity index (χ1) is 14.1. The molecule has 154 valence electrons. The van der Waals surface area contributed by atoms with Crippen LogP contribution in [0.4, 0.5) is 0 Å². The fourth-order valence-corrected chi connectivity index (χ4v) is 4.51. The third-order valence-corrected chi connectivity index (χ3v) is 6.46. The van der Waals surface area contributed by atoms with E-state index < -0.39 is 6.04 Å². The summed E-state index contributed by atoms with van der Waals surface area (Å²) >= 11 is 1.52. The van der Waals surface area contributed by atoms with Crippen molar-refractivity contribution in [1.29, 1.82) is 0 Å². The zero-order chi connectivity index (χ0) is 20.5. The molecule has 1 fully saturated rings. The molecule has 2 aromatic carbocycles. The summed E-state index contributed by atoms with van der Waals surface area (Å²) in [4.78, 5) is 28.7. The van der Waals surface area contributed by atoms with Gasteiger partial charge in [0.1, 0.15) is 6.04 Å². The number of benzene rings is 2. The molecule has 2 amide bonds. The second-order valence-electron chi connectivity index (χ2n) is 7.59. The Morgan fingerprint density at radius 3 is 2.31 bits per heavy atom. The second-order valence-corrected chi connectivity index (χ2v) is 8.64. The van der Waals surface area contributed by atoms with Crippen molar-refractivity contribution >= 4 is 23.6 Å². The Hall–Kier alpha value is -2.27. The van der Waals surface area contributed by atoms with E-state index in [2.05, 4.69) is 17.4 Å². The lowest BCUT2D eigenvalue weighted by Crippen LogP contribution is -2.51. The summed E-state index contributed by atoms with van der Waals surface area (Å²) in [7, 11) is 0. The lowest BCUT2D eigenvalue weighted by Gasteiger charge is -2.29. The van der Waals surface area contributed by atoms with Crippen molar-refractivity contribution in [2.24, 2.45) is 0 Å². The molecule has 1 atom stereocenters. The Morgan fingerprint density at radius 1 is 1.03 bits per heavy atom. The lowest BCUT2D eigenvalue weighted by molar-refractivity contribution is -0.138. The van der Waals surface area contributed by atoms with Crippen molar-refractivity contribution in [2.75, 3.05) is 12.3 Å². The Balaban J connectivity index is 1.63. The number of nitrogens with one attached hydrogen (secondary N) is 1. The first-order valence-electron chi connectivity index (χ1n) is 10.4. The summed E-state index contributed by atoms with van der Waals surface area (Å²) < 4.78 is 0. The number of hydrogen-bond acceptors (Lipinski definition) is 3. The summed E-state index contributed by atoms with van der Waals surface area (Å²) in [5, 5.41) is 3.15. The molecule has 1 N–H and O–H groups in total. The van der Waals surface area contributed by atoms with Crippen LogP contribution in [0.2, 0.25) is 0 Å². The molecule has 0 saturated heterocycles. The van der Waals surface area contributed by atoms with Crippen LogP contribution in [0.1, 0.15) is 38.2 Å². The maximum Gasteiger partial charge on any atom is 0.242 e. The number of nitrogens with zero attached hydrogens (tertiary/aromatic N) is 1. The fourth-order valence-electron chi connectivity index (χ4n) is 3.71. The van der Waals surface area contributed by atoms with Gasteiger partial charge in [-0.25, -0.2) is 0 Å². The Labute approximate surface area is 178 Å². The van der Waals surface area contributed by atoms with E-state index in [4.69, 9.17) is 0 Å². The molecule has 2 aromatic rings. The van der Waals surface area contributed by atoms with Crippen LogP contribution in [0.15, 0.2) is 65.6 Å². The van der Waals surface area contributed by atoms with Crippen molar-refractivity contribution in [1.82, 2.24) is 10.2 Å². The summed E-state index contributed by atoms with van der Waals surface area (Å²) in [6.07, 6.45) is 5.16. The predicted molar refractivity (Wildman–Crippen MR) is 119 cm³/mol. The molecule has 1 aliphatic carbocycles. The molecule has 5 heteroatoms. The molecular formula is C24H30N2O2S. The number of thioether (sulfide) groups is 1. The van der Waals surface area contributed by atoms with Gasteiger partial charge in [-0.2, -0.15) is 0 Å². The van der Waals surface area contributed by atoms with Gasteiger partial charge in [-0.15, -0.1) is 11.8 Å². The maximum atomic E-state index is 13.0. The van der Waals surface area contributed by atoms with Gasteiger partial charge >= 0.3 is 0 Å². The highest BCUT2D eigenvalue weighted by atomic mass is 32.2. The molecule has 4 nitrogen and oxygen atoms in total. The van der Waals surface area contributed by atoms with Crippen molar-refractivity contribution in [2.45, 2.75) is 56.0 Å². The molecule has 0 aromatic heterocycles. The van der Waals surface area contributed by atoms with Crippen LogP contribution in [0.5, 0.6) is 0 Å². The maximum absolute atomic E-state index is 13.0. The van der Waals surface area contributed by atoms with E-state index >= 15 is 0 Å². The third kappa shape index (κ3) is 6.64. The molecule has 1 aliphatic rings. The smallest absolute Gasteiger partial charge is 0.242 e. The highest BCUT2D eigenvalue weighted by Gasteiger charge is 2.28. The van der Waals surface area contributed by atoms with Crippen LogP contribution in [-0.4, -0.2) is 41.1 Å². The highest BCUT2D eigenvalue weighted by molar-refractivity contribution is 8.00. The Morgan fingerprint density at radius 2 is 1.66 bits per heavy atom. The van der Waals surface area contributed by atoms with Crippen LogP contribution in [0, 0.1) is 0 Å². The first-order valence-corrected chi connectivity index (χ1v) is 11.4. The summed E-state index contributed by atoms with van der Waals surface area (Å²) in [6, 6.07) is 19.8. The quantitative estimate of drug-likeness (QED) is 0.627. The van der Waals surface area contributed by atoms with Gasteiger partial charge in [-0.3, -0.25) is 9.59 Å². The van der Waals surface area contributed by atoms with Gasteiger partial charge in [-0.05, 0) is 43.9 Å². The van der Waals surface area contributed by atoms with E-state index in [9.17, 15) is 9.59 Å². The van der Waals surface area contributed by atoms with Gasteiger partial charge in [-0.1, -0.05) is 61.4 Å². The standard InChI is InChI=1S/C24H30N2O2S/c1-19(24(28)25-21-12-8-9-13-21)26(17-16-20-10-4-2-5-11-20)23(27)18-29-22-14-6-3-7-15-22/h2-7,10-11,14-15,19,21H,8-9,12-13,16-18H2,1H3,(H,25,28)/t19-/m1/s1. The minimum Gasteiger partial charge on any atom is -0.352 e. The van der Waals surface area contributed by atoms with Crippen LogP contribution in [-0.2, 0) is 16.0 Å². The van der Waals surface area contributed by atoms with E-state index in [1.54, 1.807) is 4.90 Å². The topological polar surface area (TPSA) is 49.4 Å². The Bertz CT molecular complexity index is 776. The average molecular weight is 411 g/mol. The number of rotatable bonds is 9. The van der Waals surface area contributed by atoms with Gasteiger partial charge in [0.25, 0.3) is 0 Å². The minimum atomic E-state index is -0.469. The summed E-state index contributed by atoms with van der Waals surface area (Å²) in [6.45, 7) is 2.39. The van der Waals surface area contributed by atoms with Crippen molar-refractivity contribution in [3.8, 4) is 0 Å². The first kappa shape index (κ1) is 21.4. The fraction of sp³-hybridized carbons (Fsp3) is 0.417. The van der Waals surface area contributed by atoms with Gasteiger partial charge < -0.3 is 10.2 Å². The molecule has 0 bridgehead atoms. The Kier molecular flexibility index (Phi) is 8.17. The van der Waals surface area contributed by atoms with Crippen molar-refractivity contribution < 1.29 is 9.59 Å². The largest absolute Gasteiger partial charge is 0.352 e. The number of amides is 2. The van der Waals surface area contributed by atoms with Gasteiger partial charge in [0, 0.05) is 17.5 Å². The van der Waals surface area contributed by atoms with Crippen LogP contribution in [0.3, 0.4) is 0 Å². The molecule has 0 unspecified atom stereocenters. The number of hydrogen-bond donors (Lipinski definition) is 1. The molecular weight excluding hydrogens is 380 g/mol. The molecule has 3 rings (SSSR count). The molecule has 0 heterocycles. The van der Waals surface area contributed by atoms with Crippen LogP contribution >= 0.6 is 11.8 Å². The van der Waals surface area contributed by atoms with Crippen molar-refractivity contribution in [3.63, 3.8) is 0 Å². The zero-order valence-electron chi connectivity index (χ0n) is 17.0. The molecule has 1 saturated carbocycles. The van der Waals surface area contributed by atoms with E-state index in [0.29, 0.717) is 12.3 Å². The zero-order valence-corrected chi connectivity index (χ0v) is 17.9. The minimum absolute atomic E-state index is 0.00357. The molecule has 0 radical (unpaired) electrons. The SMILES string of the molecule is C[C@H](C(=O)NC1CCCC1)N(CCc1ccccc1)C(=O)CSc1ccccc1.